The van der Waals surface area contributed by atoms with Gasteiger partial charge in [-0.25, -0.2) is 0 Å². The predicted molar refractivity (Wildman–Crippen MR) is 101 cm³/mol. The summed E-state index contributed by atoms with van der Waals surface area (Å²) in [6, 6.07) is 0.165. The highest BCUT2D eigenvalue weighted by molar-refractivity contribution is 6.01. The van der Waals surface area contributed by atoms with Gasteiger partial charge in [-0.15, -0.1) is 0 Å². The van der Waals surface area contributed by atoms with Crippen molar-refractivity contribution in [2.24, 2.45) is 5.41 Å². The molecule has 2 aliphatic rings. The van der Waals surface area contributed by atoms with E-state index in [9.17, 15) is 9.59 Å². The van der Waals surface area contributed by atoms with Gasteiger partial charge in [0.2, 0.25) is 5.91 Å². The first-order valence-corrected chi connectivity index (χ1v) is 9.95. The molecule has 1 amide bonds. The predicted octanol–water partition coefficient (Wildman–Crippen LogP) is 3.28. The summed E-state index contributed by atoms with van der Waals surface area (Å²) in [5.41, 5.74) is 1.38. The zero-order chi connectivity index (χ0) is 18.9. The first-order valence-electron chi connectivity index (χ1n) is 9.95. The molecule has 1 N–H and O–H groups in total. The molecule has 5 heteroatoms. The molecule has 3 rings (SSSR count). The third kappa shape index (κ3) is 4.20. The Bertz CT molecular complexity index is 684. The smallest absolute Gasteiger partial charge is 0.224 e. The highest BCUT2D eigenvalue weighted by atomic mass is 16.3. The number of hydrogen-bond acceptors (Lipinski definition) is 4. The van der Waals surface area contributed by atoms with E-state index in [-0.39, 0.29) is 29.6 Å². The van der Waals surface area contributed by atoms with Crippen LogP contribution in [0.5, 0.6) is 0 Å². The van der Waals surface area contributed by atoms with Crippen molar-refractivity contribution in [3.05, 3.63) is 22.6 Å². The lowest BCUT2D eigenvalue weighted by Crippen LogP contribution is -2.43. The van der Waals surface area contributed by atoms with E-state index < -0.39 is 0 Å². The minimum Gasteiger partial charge on any atom is -0.465 e. The van der Waals surface area contributed by atoms with Crippen molar-refractivity contribution in [2.75, 3.05) is 19.6 Å². The molecule has 1 aliphatic carbocycles. The Balaban J connectivity index is 1.68. The van der Waals surface area contributed by atoms with Gasteiger partial charge in [0.1, 0.15) is 11.5 Å². The maximum absolute atomic E-state index is 12.6. The van der Waals surface area contributed by atoms with E-state index in [1.165, 1.54) is 12.8 Å². The van der Waals surface area contributed by atoms with Crippen LogP contribution in [0, 0.1) is 12.3 Å². The van der Waals surface area contributed by atoms with Crippen molar-refractivity contribution < 1.29 is 14.0 Å². The topological polar surface area (TPSA) is 62.6 Å². The molecule has 1 saturated heterocycles. The highest BCUT2D eigenvalue weighted by Gasteiger charge is 2.36. The molecule has 1 fully saturated rings. The molecule has 0 saturated carbocycles. The number of aryl methyl sites for hydroxylation is 1. The SMILES string of the molecule is CC[C@@H](CN1CCCC1)NC(=O)Cc1c(C)oc2c1C(=O)CC(C)(C)C2. The van der Waals surface area contributed by atoms with Gasteiger partial charge in [-0.1, -0.05) is 20.8 Å². The third-order valence-corrected chi connectivity index (χ3v) is 5.71. The molecule has 0 aromatic carbocycles. The second-order valence-corrected chi connectivity index (χ2v) is 8.73. The van der Waals surface area contributed by atoms with Crippen LogP contribution in [-0.4, -0.2) is 42.3 Å². The van der Waals surface area contributed by atoms with E-state index in [0.717, 1.165) is 43.8 Å². The van der Waals surface area contributed by atoms with Gasteiger partial charge in [0.15, 0.2) is 5.78 Å². The standard InChI is InChI=1S/C21H32N2O3/c1-5-15(13-23-8-6-7-9-23)22-19(25)10-16-14(2)26-18-12-21(3,4)11-17(24)20(16)18/h15H,5-13H2,1-4H3,(H,22,25)/t15-/m0/s1. The molecule has 0 spiro atoms. The molecule has 2 heterocycles. The molecular formula is C21H32N2O3. The van der Waals surface area contributed by atoms with E-state index in [2.05, 4.69) is 31.0 Å². The maximum atomic E-state index is 12.6. The lowest BCUT2D eigenvalue weighted by atomic mass is 9.75. The summed E-state index contributed by atoms with van der Waals surface area (Å²) in [4.78, 5) is 27.7. The maximum Gasteiger partial charge on any atom is 0.224 e. The van der Waals surface area contributed by atoms with E-state index in [4.69, 9.17) is 4.42 Å². The van der Waals surface area contributed by atoms with Gasteiger partial charge in [-0.2, -0.15) is 0 Å². The minimum absolute atomic E-state index is 0.0135. The van der Waals surface area contributed by atoms with Crippen LogP contribution in [-0.2, 0) is 17.6 Å². The number of furan rings is 1. The largest absolute Gasteiger partial charge is 0.465 e. The van der Waals surface area contributed by atoms with Gasteiger partial charge in [0, 0.05) is 31.0 Å². The Morgan fingerprint density at radius 1 is 1.27 bits per heavy atom. The minimum atomic E-state index is -0.0725. The highest BCUT2D eigenvalue weighted by Crippen LogP contribution is 2.38. The summed E-state index contributed by atoms with van der Waals surface area (Å²) in [6.07, 6.45) is 4.92. The molecule has 1 aromatic rings. The van der Waals surface area contributed by atoms with Crippen LogP contribution in [0.1, 0.15) is 73.9 Å². The molecule has 1 aliphatic heterocycles. The van der Waals surface area contributed by atoms with Gasteiger partial charge >= 0.3 is 0 Å². The number of amides is 1. The molecule has 144 valence electrons. The van der Waals surface area contributed by atoms with Crippen LogP contribution >= 0.6 is 0 Å². The van der Waals surface area contributed by atoms with E-state index in [0.29, 0.717) is 17.7 Å². The number of Topliss-reactive ketones (excluding diaryl/α,β-unsaturated/α-hetero) is 1. The van der Waals surface area contributed by atoms with Gasteiger partial charge in [-0.3, -0.25) is 9.59 Å². The fourth-order valence-electron chi connectivity index (χ4n) is 4.32. The normalized spacial score (nSPS) is 20.8. The number of carbonyl (C=O) groups is 2. The van der Waals surface area contributed by atoms with Crippen molar-refractivity contribution in [1.82, 2.24) is 10.2 Å². The van der Waals surface area contributed by atoms with Crippen LogP contribution < -0.4 is 5.32 Å². The Morgan fingerprint density at radius 2 is 1.96 bits per heavy atom. The molecule has 26 heavy (non-hydrogen) atoms. The van der Waals surface area contributed by atoms with Crippen molar-refractivity contribution in [1.29, 1.82) is 0 Å². The second-order valence-electron chi connectivity index (χ2n) is 8.73. The monoisotopic (exact) mass is 360 g/mol. The Labute approximate surface area is 156 Å². The zero-order valence-electron chi connectivity index (χ0n) is 16.6. The number of carbonyl (C=O) groups excluding carboxylic acids is 2. The fourth-order valence-corrected chi connectivity index (χ4v) is 4.32. The lowest BCUT2D eigenvalue weighted by molar-refractivity contribution is -0.121. The molecule has 0 bridgehead atoms. The number of ketones is 1. The van der Waals surface area contributed by atoms with Crippen LogP contribution in [0.4, 0.5) is 0 Å². The van der Waals surface area contributed by atoms with Gasteiger partial charge in [-0.05, 0) is 44.7 Å². The summed E-state index contributed by atoms with van der Waals surface area (Å²) in [5, 5.41) is 3.16. The molecule has 1 atom stereocenters. The molecular weight excluding hydrogens is 328 g/mol. The number of likely N-dealkylation sites (tertiary alicyclic amines) is 1. The van der Waals surface area contributed by atoms with E-state index >= 15 is 0 Å². The number of rotatable bonds is 6. The summed E-state index contributed by atoms with van der Waals surface area (Å²) in [7, 11) is 0. The van der Waals surface area contributed by atoms with E-state index in [1.807, 2.05) is 6.92 Å². The number of fused-ring (bicyclic) bond motifs is 1. The van der Waals surface area contributed by atoms with Crippen molar-refractivity contribution in [2.45, 2.75) is 72.3 Å². The number of hydrogen-bond donors (Lipinski definition) is 1. The molecule has 5 nitrogen and oxygen atoms in total. The molecule has 0 unspecified atom stereocenters. The van der Waals surface area contributed by atoms with Crippen LogP contribution in [0.15, 0.2) is 4.42 Å². The van der Waals surface area contributed by atoms with Crippen molar-refractivity contribution in [3.63, 3.8) is 0 Å². The summed E-state index contributed by atoms with van der Waals surface area (Å²) in [6.45, 7) is 11.3. The summed E-state index contributed by atoms with van der Waals surface area (Å²) >= 11 is 0. The van der Waals surface area contributed by atoms with Gasteiger partial charge < -0.3 is 14.6 Å². The summed E-state index contributed by atoms with van der Waals surface area (Å²) in [5.74, 6) is 1.57. The van der Waals surface area contributed by atoms with Gasteiger partial charge in [0.25, 0.3) is 0 Å². The lowest BCUT2D eigenvalue weighted by Gasteiger charge is -2.27. The molecule has 1 aromatic heterocycles. The number of nitrogens with zero attached hydrogens (tertiary/aromatic N) is 1. The number of nitrogens with one attached hydrogen (secondary N) is 1. The first-order chi connectivity index (χ1) is 12.3. The van der Waals surface area contributed by atoms with Crippen LogP contribution in [0.2, 0.25) is 0 Å². The Morgan fingerprint density at radius 3 is 2.62 bits per heavy atom. The third-order valence-electron chi connectivity index (χ3n) is 5.71. The average Bonchev–Trinajstić information content (AvgIpc) is 3.14. The average molecular weight is 360 g/mol. The Kier molecular flexibility index (Phi) is 5.56. The van der Waals surface area contributed by atoms with Crippen LogP contribution in [0.25, 0.3) is 0 Å². The van der Waals surface area contributed by atoms with E-state index in [1.54, 1.807) is 0 Å². The molecule has 0 radical (unpaired) electrons. The quantitative estimate of drug-likeness (QED) is 0.846. The van der Waals surface area contributed by atoms with Crippen molar-refractivity contribution >= 4 is 11.7 Å². The fraction of sp³-hybridized carbons (Fsp3) is 0.714. The van der Waals surface area contributed by atoms with Crippen molar-refractivity contribution in [3.8, 4) is 0 Å². The zero-order valence-corrected chi connectivity index (χ0v) is 16.6. The first kappa shape index (κ1) is 19.2. The Hall–Kier alpha value is -1.62. The summed E-state index contributed by atoms with van der Waals surface area (Å²) < 4.78 is 5.87. The van der Waals surface area contributed by atoms with Gasteiger partial charge in [0.05, 0.1) is 12.0 Å². The van der Waals surface area contributed by atoms with Crippen LogP contribution in [0.3, 0.4) is 0 Å². The second kappa shape index (κ2) is 7.55.